The Labute approximate surface area is 201 Å². The van der Waals surface area contributed by atoms with Crippen LogP contribution in [0.25, 0.3) is 28.1 Å². The van der Waals surface area contributed by atoms with Gasteiger partial charge in [0.05, 0.1) is 0 Å². The fraction of sp³-hybridized carbons (Fsp3) is 0.143. The van der Waals surface area contributed by atoms with Crippen LogP contribution in [0.15, 0.2) is 66.6 Å². The Balaban J connectivity index is 1.58. The SMILES string of the molecule is CC(C)NC(=O)c1ccc(-c2cccc3c2c(C=C2Oc4cc(O)cc(O)c4C2=O)cn3C)cc1. The number of aromatic hydroxyl groups is 2. The van der Waals surface area contributed by atoms with Crippen LogP contribution in [0.1, 0.15) is 40.1 Å². The lowest BCUT2D eigenvalue weighted by atomic mass is 9.97. The number of amides is 1. The fourth-order valence-electron chi connectivity index (χ4n) is 4.40. The number of rotatable bonds is 4. The minimum absolute atomic E-state index is 0.0322. The maximum Gasteiger partial charge on any atom is 0.251 e. The van der Waals surface area contributed by atoms with Crippen LogP contribution in [0.5, 0.6) is 17.2 Å². The minimum atomic E-state index is -0.451. The van der Waals surface area contributed by atoms with E-state index in [1.54, 1.807) is 18.2 Å². The molecule has 0 atom stereocenters. The summed E-state index contributed by atoms with van der Waals surface area (Å²) in [5, 5.41) is 23.7. The molecule has 1 amide bonds. The Bertz CT molecular complexity index is 1530. The number of Topliss-reactive ketones (excluding diaryl/α,β-unsaturated/α-hetero) is 1. The van der Waals surface area contributed by atoms with E-state index in [-0.39, 0.29) is 40.5 Å². The number of nitrogens with zero attached hydrogens (tertiary/aromatic N) is 1. The largest absolute Gasteiger partial charge is 0.508 e. The number of ether oxygens (including phenoxy) is 1. The third-order valence-electron chi connectivity index (χ3n) is 5.95. The molecule has 7 nitrogen and oxygen atoms in total. The minimum Gasteiger partial charge on any atom is -0.508 e. The van der Waals surface area contributed by atoms with Crippen molar-refractivity contribution in [1.29, 1.82) is 0 Å². The van der Waals surface area contributed by atoms with Crippen molar-refractivity contribution in [3.05, 3.63) is 83.2 Å². The van der Waals surface area contributed by atoms with Gasteiger partial charge < -0.3 is 24.8 Å². The van der Waals surface area contributed by atoms with Gasteiger partial charge >= 0.3 is 0 Å². The molecule has 0 aliphatic carbocycles. The quantitative estimate of drug-likeness (QED) is 0.366. The first kappa shape index (κ1) is 22.3. The summed E-state index contributed by atoms with van der Waals surface area (Å²) in [5.41, 5.74) is 4.20. The summed E-state index contributed by atoms with van der Waals surface area (Å²) >= 11 is 0. The summed E-state index contributed by atoms with van der Waals surface area (Å²) in [7, 11) is 1.92. The molecule has 4 aromatic rings. The normalized spacial score (nSPS) is 13.9. The fourth-order valence-corrected chi connectivity index (χ4v) is 4.40. The molecular formula is C28H24N2O5. The van der Waals surface area contributed by atoms with Crippen LogP contribution in [-0.2, 0) is 7.05 Å². The third kappa shape index (κ3) is 3.91. The molecule has 35 heavy (non-hydrogen) atoms. The van der Waals surface area contributed by atoms with Crippen LogP contribution >= 0.6 is 0 Å². The van der Waals surface area contributed by atoms with Crippen molar-refractivity contribution < 1.29 is 24.5 Å². The van der Waals surface area contributed by atoms with Gasteiger partial charge in [-0.1, -0.05) is 24.3 Å². The average Bonchev–Trinajstić information content (AvgIpc) is 3.29. The van der Waals surface area contributed by atoms with Gasteiger partial charge in [-0.2, -0.15) is 0 Å². The van der Waals surface area contributed by atoms with Crippen LogP contribution in [0.2, 0.25) is 0 Å². The van der Waals surface area contributed by atoms with Gasteiger partial charge in [-0.25, -0.2) is 0 Å². The standard InChI is InChI=1S/C28H24N2O5/c1-15(2)29-28(34)17-9-7-16(8-10-17)20-5-4-6-21-25(20)18(14-30(21)3)11-24-27(33)26-22(32)12-19(31)13-23(26)35-24/h4-15,31-32H,1-3H3,(H,29,34). The number of nitrogens with one attached hydrogen (secondary N) is 1. The van der Waals surface area contributed by atoms with Gasteiger partial charge in [0.1, 0.15) is 22.8 Å². The monoisotopic (exact) mass is 468 g/mol. The zero-order valence-corrected chi connectivity index (χ0v) is 19.5. The highest BCUT2D eigenvalue weighted by atomic mass is 16.5. The number of hydrogen-bond acceptors (Lipinski definition) is 5. The van der Waals surface area contributed by atoms with Gasteiger partial charge in [0.15, 0.2) is 5.76 Å². The predicted octanol–water partition coefficient (Wildman–Crippen LogP) is 5.01. The third-order valence-corrected chi connectivity index (χ3v) is 5.95. The number of phenols is 2. The highest BCUT2D eigenvalue weighted by Crippen LogP contribution is 2.41. The second-order valence-electron chi connectivity index (χ2n) is 8.88. The molecule has 2 heterocycles. The van der Waals surface area contributed by atoms with E-state index in [0.29, 0.717) is 5.56 Å². The number of fused-ring (bicyclic) bond motifs is 2. The van der Waals surface area contributed by atoms with E-state index in [4.69, 9.17) is 4.74 Å². The van der Waals surface area contributed by atoms with Crippen molar-refractivity contribution in [3.8, 4) is 28.4 Å². The van der Waals surface area contributed by atoms with Gasteiger partial charge in [0.2, 0.25) is 5.78 Å². The molecule has 176 valence electrons. The molecule has 1 aromatic heterocycles. The molecule has 0 saturated heterocycles. The second-order valence-corrected chi connectivity index (χ2v) is 8.88. The molecule has 3 N–H and O–H groups in total. The smallest absolute Gasteiger partial charge is 0.251 e. The lowest BCUT2D eigenvalue weighted by Crippen LogP contribution is -2.29. The highest BCUT2D eigenvalue weighted by Gasteiger charge is 2.31. The van der Waals surface area contributed by atoms with Gasteiger partial charge in [-0.3, -0.25) is 9.59 Å². The van der Waals surface area contributed by atoms with E-state index in [1.807, 2.05) is 62.0 Å². The number of hydrogen-bond donors (Lipinski definition) is 3. The van der Waals surface area contributed by atoms with Gasteiger partial charge in [-0.05, 0) is 49.2 Å². The van der Waals surface area contributed by atoms with Gasteiger partial charge in [0, 0.05) is 53.4 Å². The van der Waals surface area contributed by atoms with E-state index in [2.05, 4.69) is 5.32 Å². The summed E-state index contributed by atoms with van der Waals surface area (Å²) in [5.74, 6) is -0.909. The topological polar surface area (TPSA) is 101 Å². The van der Waals surface area contributed by atoms with Crippen LogP contribution in [-0.4, -0.2) is 32.5 Å². The van der Waals surface area contributed by atoms with Crippen LogP contribution < -0.4 is 10.1 Å². The molecule has 1 aliphatic rings. The number of aromatic nitrogens is 1. The lowest BCUT2D eigenvalue weighted by molar-refractivity contribution is 0.0942. The molecular weight excluding hydrogens is 444 g/mol. The van der Waals surface area contributed by atoms with Crippen molar-refractivity contribution in [3.63, 3.8) is 0 Å². The Morgan fingerprint density at radius 3 is 2.54 bits per heavy atom. The Hall–Kier alpha value is -4.52. The number of carbonyl (C=O) groups excluding carboxylic acids is 2. The van der Waals surface area contributed by atoms with Crippen molar-refractivity contribution in [2.75, 3.05) is 0 Å². The van der Waals surface area contributed by atoms with Crippen molar-refractivity contribution >= 4 is 28.7 Å². The first-order valence-electron chi connectivity index (χ1n) is 11.2. The van der Waals surface area contributed by atoms with E-state index in [0.717, 1.165) is 33.7 Å². The van der Waals surface area contributed by atoms with Gasteiger partial charge in [0.25, 0.3) is 5.91 Å². The number of aryl methyl sites for hydroxylation is 1. The van der Waals surface area contributed by atoms with Gasteiger partial charge in [-0.15, -0.1) is 0 Å². The summed E-state index contributed by atoms with van der Waals surface area (Å²) in [6.45, 7) is 3.83. The number of allylic oxidation sites excluding steroid dienone is 1. The van der Waals surface area contributed by atoms with E-state index in [1.165, 1.54) is 6.07 Å². The zero-order chi connectivity index (χ0) is 24.9. The summed E-state index contributed by atoms with van der Waals surface area (Å²) < 4.78 is 7.66. The van der Waals surface area contributed by atoms with Crippen LogP contribution in [0.4, 0.5) is 0 Å². The number of benzene rings is 3. The maximum atomic E-state index is 12.9. The lowest BCUT2D eigenvalue weighted by Gasteiger charge is -2.10. The van der Waals surface area contributed by atoms with E-state index in [9.17, 15) is 19.8 Å². The van der Waals surface area contributed by atoms with E-state index >= 15 is 0 Å². The molecule has 0 fully saturated rings. The average molecular weight is 469 g/mol. The van der Waals surface area contributed by atoms with Crippen molar-refractivity contribution in [2.24, 2.45) is 7.05 Å². The Morgan fingerprint density at radius 2 is 1.83 bits per heavy atom. The molecule has 0 saturated carbocycles. The molecule has 0 spiro atoms. The maximum absolute atomic E-state index is 12.9. The first-order valence-corrected chi connectivity index (χ1v) is 11.2. The number of phenolic OH excluding ortho intramolecular Hbond substituents is 2. The number of carbonyl (C=O) groups is 2. The molecule has 0 radical (unpaired) electrons. The first-order chi connectivity index (χ1) is 16.7. The molecule has 0 unspecified atom stereocenters. The van der Waals surface area contributed by atoms with Crippen LogP contribution in [0, 0.1) is 0 Å². The second kappa shape index (κ2) is 8.36. The summed E-state index contributed by atoms with van der Waals surface area (Å²) in [6, 6.07) is 15.8. The predicted molar refractivity (Wildman–Crippen MR) is 134 cm³/mol. The Kier molecular flexibility index (Phi) is 5.32. The molecule has 3 aromatic carbocycles. The highest BCUT2D eigenvalue weighted by molar-refractivity contribution is 6.17. The van der Waals surface area contributed by atoms with Crippen molar-refractivity contribution in [1.82, 2.24) is 9.88 Å². The van der Waals surface area contributed by atoms with Crippen molar-refractivity contribution in [2.45, 2.75) is 19.9 Å². The summed E-state index contributed by atoms with van der Waals surface area (Å²) in [6.07, 6.45) is 3.55. The molecule has 5 rings (SSSR count). The number of ketones is 1. The van der Waals surface area contributed by atoms with E-state index < -0.39 is 5.78 Å². The molecule has 7 heteroatoms. The zero-order valence-electron chi connectivity index (χ0n) is 19.5. The van der Waals surface area contributed by atoms with Crippen LogP contribution in [0.3, 0.4) is 0 Å². The molecule has 1 aliphatic heterocycles. The molecule has 0 bridgehead atoms. The Morgan fingerprint density at radius 1 is 1.09 bits per heavy atom. The summed E-state index contributed by atoms with van der Waals surface area (Å²) in [4.78, 5) is 25.3.